The molecule has 100 valence electrons. The first-order chi connectivity index (χ1) is 8.54. The van der Waals surface area contributed by atoms with Crippen LogP contribution < -0.4 is 10.6 Å². The van der Waals surface area contributed by atoms with Crippen molar-refractivity contribution in [3.63, 3.8) is 0 Å². The fourth-order valence-corrected chi connectivity index (χ4v) is 1.60. The first kappa shape index (κ1) is 14.4. The molecule has 1 aromatic heterocycles. The molecule has 0 bridgehead atoms. The topological polar surface area (TPSA) is 57.3 Å². The van der Waals surface area contributed by atoms with E-state index >= 15 is 0 Å². The first-order valence-electron chi connectivity index (χ1n) is 6.10. The van der Waals surface area contributed by atoms with Gasteiger partial charge in [0.05, 0.1) is 0 Å². The number of hydrogen-bond donors (Lipinski definition) is 2. The molecule has 1 rings (SSSR count). The van der Waals surface area contributed by atoms with Gasteiger partial charge in [0.15, 0.2) is 0 Å². The number of hydrogen-bond acceptors (Lipinski definition) is 4. The Bertz CT molecular complexity index is 392. The monoisotopic (exact) mass is 250 g/mol. The molecule has 0 aliphatic heterocycles. The second-order valence-electron chi connectivity index (χ2n) is 4.67. The van der Waals surface area contributed by atoms with Crippen molar-refractivity contribution in [2.75, 3.05) is 39.5 Å². The van der Waals surface area contributed by atoms with Crippen LogP contribution in [0, 0.1) is 5.92 Å². The van der Waals surface area contributed by atoms with Gasteiger partial charge in [0.25, 0.3) is 5.91 Å². The third kappa shape index (κ3) is 4.33. The SMILES string of the molecule is CNCC(C)CNc1ccnc(C(=O)N(C)C)c1. The van der Waals surface area contributed by atoms with Crippen molar-refractivity contribution in [3.8, 4) is 0 Å². The molecule has 0 aliphatic carbocycles. The van der Waals surface area contributed by atoms with Gasteiger partial charge >= 0.3 is 0 Å². The van der Waals surface area contributed by atoms with Gasteiger partial charge in [-0.2, -0.15) is 0 Å². The quantitative estimate of drug-likeness (QED) is 0.792. The fourth-order valence-electron chi connectivity index (χ4n) is 1.60. The Morgan fingerprint density at radius 3 is 2.78 bits per heavy atom. The van der Waals surface area contributed by atoms with Crippen molar-refractivity contribution >= 4 is 11.6 Å². The summed E-state index contributed by atoms with van der Waals surface area (Å²) >= 11 is 0. The predicted octanol–water partition coefficient (Wildman–Crippen LogP) is 1.05. The highest BCUT2D eigenvalue weighted by atomic mass is 16.2. The molecule has 1 amide bonds. The predicted molar refractivity (Wildman–Crippen MR) is 73.8 cm³/mol. The van der Waals surface area contributed by atoms with Gasteiger partial charge in [0.2, 0.25) is 0 Å². The average Bonchev–Trinajstić information content (AvgIpc) is 2.36. The Morgan fingerprint density at radius 1 is 1.44 bits per heavy atom. The third-order valence-corrected chi connectivity index (χ3v) is 2.59. The van der Waals surface area contributed by atoms with Crippen LogP contribution in [0.4, 0.5) is 5.69 Å². The van der Waals surface area contributed by atoms with Crippen LogP contribution in [0.1, 0.15) is 17.4 Å². The van der Waals surface area contributed by atoms with Crippen molar-refractivity contribution in [1.82, 2.24) is 15.2 Å². The maximum Gasteiger partial charge on any atom is 0.272 e. The molecule has 0 aliphatic rings. The van der Waals surface area contributed by atoms with E-state index in [2.05, 4.69) is 22.5 Å². The summed E-state index contributed by atoms with van der Waals surface area (Å²) in [6.07, 6.45) is 1.65. The highest BCUT2D eigenvalue weighted by Gasteiger charge is 2.10. The van der Waals surface area contributed by atoms with E-state index in [1.807, 2.05) is 13.1 Å². The molecule has 5 heteroatoms. The number of aromatic nitrogens is 1. The summed E-state index contributed by atoms with van der Waals surface area (Å²) in [5.74, 6) is 0.443. The van der Waals surface area contributed by atoms with Gasteiger partial charge in [-0.15, -0.1) is 0 Å². The molecule has 1 heterocycles. The number of rotatable bonds is 6. The summed E-state index contributed by atoms with van der Waals surface area (Å²) < 4.78 is 0. The summed E-state index contributed by atoms with van der Waals surface area (Å²) in [6.45, 7) is 3.98. The van der Waals surface area contributed by atoms with E-state index in [1.165, 1.54) is 4.90 Å². The van der Waals surface area contributed by atoms with Crippen molar-refractivity contribution in [2.24, 2.45) is 5.92 Å². The molecule has 5 nitrogen and oxygen atoms in total. The van der Waals surface area contributed by atoms with Crippen molar-refractivity contribution in [2.45, 2.75) is 6.92 Å². The van der Waals surface area contributed by atoms with E-state index in [0.717, 1.165) is 18.8 Å². The van der Waals surface area contributed by atoms with Crippen molar-refractivity contribution in [3.05, 3.63) is 24.0 Å². The van der Waals surface area contributed by atoms with E-state index in [4.69, 9.17) is 0 Å². The summed E-state index contributed by atoms with van der Waals surface area (Å²) in [4.78, 5) is 17.4. The van der Waals surface area contributed by atoms with Crippen LogP contribution in [0.2, 0.25) is 0 Å². The maximum atomic E-state index is 11.8. The number of carbonyl (C=O) groups excluding carboxylic acids is 1. The summed E-state index contributed by atoms with van der Waals surface area (Å²) in [5.41, 5.74) is 1.39. The Morgan fingerprint density at radius 2 is 2.17 bits per heavy atom. The Balaban J connectivity index is 2.62. The van der Waals surface area contributed by atoms with E-state index in [1.54, 1.807) is 26.4 Å². The zero-order valence-electron chi connectivity index (χ0n) is 11.5. The van der Waals surface area contributed by atoms with Crippen LogP contribution in [-0.4, -0.2) is 50.0 Å². The molecular weight excluding hydrogens is 228 g/mol. The Hall–Kier alpha value is -1.62. The third-order valence-electron chi connectivity index (χ3n) is 2.59. The van der Waals surface area contributed by atoms with Crippen LogP contribution in [-0.2, 0) is 0 Å². The van der Waals surface area contributed by atoms with Gasteiger partial charge in [-0.05, 0) is 31.6 Å². The minimum Gasteiger partial charge on any atom is -0.385 e. The molecular formula is C13H22N4O. The second-order valence-corrected chi connectivity index (χ2v) is 4.67. The molecule has 0 saturated carbocycles. The summed E-state index contributed by atoms with van der Waals surface area (Å²) in [5, 5.41) is 6.45. The van der Waals surface area contributed by atoms with Crippen LogP contribution in [0.5, 0.6) is 0 Å². The fraction of sp³-hybridized carbons (Fsp3) is 0.538. The molecule has 1 unspecified atom stereocenters. The van der Waals surface area contributed by atoms with Gasteiger partial charge in [0.1, 0.15) is 5.69 Å². The Labute approximate surface area is 109 Å². The molecule has 0 fully saturated rings. The minimum atomic E-state index is -0.0816. The van der Waals surface area contributed by atoms with E-state index in [-0.39, 0.29) is 5.91 Å². The van der Waals surface area contributed by atoms with Gasteiger partial charge in [0, 0.05) is 32.5 Å². The smallest absolute Gasteiger partial charge is 0.272 e. The normalized spacial score (nSPS) is 12.0. The molecule has 0 spiro atoms. The van der Waals surface area contributed by atoms with E-state index < -0.39 is 0 Å². The lowest BCUT2D eigenvalue weighted by atomic mass is 10.2. The van der Waals surface area contributed by atoms with Gasteiger partial charge in [-0.3, -0.25) is 9.78 Å². The first-order valence-corrected chi connectivity index (χ1v) is 6.10. The van der Waals surface area contributed by atoms with Crippen LogP contribution in [0.25, 0.3) is 0 Å². The second kappa shape index (κ2) is 6.96. The zero-order chi connectivity index (χ0) is 13.5. The molecule has 0 aromatic carbocycles. The van der Waals surface area contributed by atoms with Crippen LogP contribution >= 0.6 is 0 Å². The van der Waals surface area contributed by atoms with Crippen molar-refractivity contribution in [1.29, 1.82) is 0 Å². The van der Waals surface area contributed by atoms with Crippen LogP contribution in [0.3, 0.4) is 0 Å². The standard InChI is InChI=1S/C13H22N4O/c1-10(8-14-2)9-16-11-5-6-15-12(7-11)13(18)17(3)4/h5-7,10,14H,8-9H2,1-4H3,(H,15,16). The highest BCUT2D eigenvalue weighted by molar-refractivity contribution is 5.92. The minimum absolute atomic E-state index is 0.0816. The van der Waals surface area contributed by atoms with Gasteiger partial charge < -0.3 is 15.5 Å². The molecule has 1 aromatic rings. The zero-order valence-corrected chi connectivity index (χ0v) is 11.5. The number of nitrogens with zero attached hydrogens (tertiary/aromatic N) is 2. The number of amides is 1. The molecule has 2 N–H and O–H groups in total. The number of carbonyl (C=O) groups is 1. The number of nitrogens with one attached hydrogen (secondary N) is 2. The van der Waals surface area contributed by atoms with E-state index in [9.17, 15) is 4.79 Å². The highest BCUT2D eigenvalue weighted by Crippen LogP contribution is 2.10. The molecule has 18 heavy (non-hydrogen) atoms. The molecule has 0 saturated heterocycles. The largest absolute Gasteiger partial charge is 0.385 e. The summed E-state index contributed by atoms with van der Waals surface area (Å²) in [7, 11) is 5.38. The number of pyridine rings is 1. The molecule has 1 atom stereocenters. The lowest BCUT2D eigenvalue weighted by Gasteiger charge is -2.14. The van der Waals surface area contributed by atoms with Crippen LogP contribution in [0.15, 0.2) is 18.3 Å². The summed E-state index contributed by atoms with van der Waals surface area (Å²) in [6, 6.07) is 3.66. The Kier molecular flexibility index (Phi) is 5.58. The lowest BCUT2D eigenvalue weighted by molar-refractivity contribution is 0.0822. The average molecular weight is 250 g/mol. The maximum absolute atomic E-state index is 11.8. The molecule has 0 radical (unpaired) electrons. The lowest BCUT2D eigenvalue weighted by Crippen LogP contribution is -2.24. The number of anilines is 1. The van der Waals surface area contributed by atoms with Crippen molar-refractivity contribution < 1.29 is 4.79 Å². The van der Waals surface area contributed by atoms with E-state index in [0.29, 0.717) is 11.6 Å². The van der Waals surface area contributed by atoms with Gasteiger partial charge in [-0.25, -0.2) is 0 Å². The van der Waals surface area contributed by atoms with Gasteiger partial charge in [-0.1, -0.05) is 6.92 Å².